The van der Waals surface area contributed by atoms with Gasteiger partial charge in [-0.25, -0.2) is 0 Å². The molecular formula is C50H33NO. The SMILES string of the molecule is c1ccc(-c2ccc(N(c3ccc(-c4cccc5c4oc4c6ccccc6ccc54)cc3)c3ccccc3-c3ccc4ccccc4c3)cc2)cc1. The van der Waals surface area contributed by atoms with Crippen molar-refractivity contribution in [2.75, 3.05) is 4.90 Å². The first-order valence-corrected chi connectivity index (χ1v) is 17.8. The molecule has 244 valence electrons. The molecule has 2 heteroatoms. The van der Waals surface area contributed by atoms with Gasteiger partial charge in [0, 0.05) is 38.7 Å². The molecule has 0 aliphatic heterocycles. The predicted octanol–water partition coefficient (Wildman–Crippen LogP) is 14.4. The van der Waals surface area contributed by atoms with E-state index in [4.69, 9.17) is 4.42 Å². The zero-order valence-corrected chi connectivity index (χ0v) is 28.4. The molecule has 10 aromatic rings. The summed E-state index contributed by atoms with van der Waals surface area (Å²) in [6.07, 6.45) is 0. The molecule has 2 nitrogen and oxygen atoms in total. The average Bonchev–Trinajstić information content (AvgIpc) is 3.62. The van der Waals surface area contributed by atoms with Gasteiger partial charge in [0.15, 0.2) is 0 Å². The molecule has 0 N–H and O–H groups in total. The number of nitrogens with zero attached hydrogens (tertiary/aromatic N) is 1. The minimum absolute atomic E-state index is 0.914. The van der Waals surface area contributed by atoms with Crippen molar-refractivity contribution in [3.05, 3.63) is 200 Å². The summed E-state index contributed by atoms with van der Waals surface area (Å²) in [6, 6.07) is 71.6. The van der Waals surface area contributed by atoms with Gasteiger partial charge < -0.3 is 9.32 Å². The molecule has 0 aliphatic carbocycles. The highest BCUT2D eigenvalue weighted by atomic mass is 16.3. The van der Waals surface area contributed by atoms with Crippen LogP contribution in [-0.4, -0.2) is 0 Å². The van der Waals surface area contributed by atoms with E-state index in [2.05, 4.69) is 205 Å². The van der Waals surface area contributed by atoms with Crippen molar-refractivity contribution in [1.82, 2.24) is 0 Å². The molecule has 52 heavy (non-hydrogen) atoms. The third-order valence-corrected chi connectivity index (χ3v) is 10.3. The lowest BCUT2D eigenvalue weighted by Crippen LogP contribution is -2.11. The predicted molar refractivity (Wildman–Crippen MR) is 220 cm³/mol. The number of hydrogen-bond acceptors (Lipinski definition) is 2. The van der Waals surface area contributed by atoms with Gasteiger partial charge in [-0.2, -0.15) is 0 Å². The Morgan fingerprint density at radius 3 is 1.67 bits per heavy atom. The topological polar surface area (TPSA) is 16.4 Å². The Morgan fingerprint density at radius 2 is 0.865 bits per heavy atom. The van der Waals surface area contributed by atoms with E-state index in [-0.39, 0.29) is 0 Å². The molecule has 0 atom stereocenters. The van der Waals surface area contributed by atoms with E-state index in [1.165, 1.54) is 38.4 Å². The van der Waals surface area contributed by atoms with E-state index < -0.39 is 0 Å². The van der Waals surface area contributed by atoms with Crippen molar-refractivity contribution in [3.63, 3.8) is 0 Å². The van der Waals surface area contributed by atoms with Crippen molar-refractivity contribution >= 4 is 60.5 Å². The lowest BCUT2D eigenvalue weighted by molar-refractivity contribution is 0.674. The number of rotatable bonds is 6. The van der Waals surface area contributed by atoms with Gasteiger partial charge in [-0.3, -0.25) is 0 Å². The Hall–Kier alpha value is -6.90. The largest absolute Gasteiger partial charge is 0.455 e. The molecule has 0 aliphatic rings. The van der Waals surface area contributed by atoms with Crippen LogP contribution in [0.5, 0.6) is 0 Å². The second-order valence-corrected chi connectivity index (χ2v) is 13.3. The molecule has 0 amide bonds. The quantitative estimate of drug-likeness (QED) is 0.176. The van der Waals surface area contributed by atoms with Crippen LogP contribution in [0.3, 0.4) is 0 Å². The van der Waals surface area contributed by atoms with Gasteiger partial charge >= 0.3 is 0 Å². The molecule has 0 fully saturated rings. The molecule has 9 aromatic carbocycles. The van der Waals surface area contributed by atoms with E-state index >= 15 is 0 Å². The first-order valence-electron chi connectivity index (χ1n) is 17.8. The van der Waals surface area contributed by atoms with Crippen LogP contribution in [0.2, 0.25) is 0 Å². The van der Waals surface area contributed by atoms with Crippen molar-refractivity contribution in [3.8, 4) is 33.4 Å². The van der Waals surface area contributed by atoms with Crippen LogP contribution in [0.15, 0.2) is 205 Å². The first kappa shape index (κ1) is 30.0. The number of furan rings is 1. The van der Waals surface area contributed by atoms with Crippen LogP contribution in [0.1, 0.15) is 0 Å². The highest BCUT2D eigenvalue weighted by Gasteiger charge is 2.19. The number of anilines is 3. The van der Waals surface area contributed by atoms with Crippen molar-refractivity contribution in [1.29, 1.82) is 0 Å². The van der Waals surface area contributed by atoms with Gasteiger partial charge in [-0.1, -0.05) is 158 Å². The Bertz CT molecular complexity index is 2890. The number of fused-ring (bicyclic) bond motifs is 6. The minimum Gasteiger partial charge on any atom is -0.455 e. The zero-order chi connectivity index (χ0) is 34.4. The van der Waals surface area contributed by atoms with Crippen molar-refractivity contribution in [2.45, 2.75) is 0 Å². The summed E-state index contributed by atoms with van der Waals surface area (Å²) in [5.41, 5.74) is 12.1. The highest BCUT2D eigenvalue weighted by molar-refractivity contribution is 6.17. The van der Waals surface area contributed by atoms with Gasteiger partial charge in [0.05, 0.1) is 5.69 Å². The summed E-state index contributed by atoms with van der Waals surface area (Å²) in [5.74, 6) is 0. The molecule has 0 saturated heterocycles. The van der Waals surface area contributed by atoms with E-state index in [0.717, 1.165) is 55.5 Å². The summed E-state index contributed by atoms with van der Waals surface area (Å²) < 4.78 is 6.70. The molecule has 1 heterocycles. The number of benzene rings is 9. The minimum atomic E-state index is 0.914. The highest BCUT2D eigenvalue weighted by Crippen LogP contribution is 2.43. The second kappa shape index (κ2) is 12.5. The average molecular weight is 664 g/mol. The van der Waals surface area contributed by atoms with E-state index in [0.29, 0.717) is 0 Å². The van der Waals surface area contributed by atoms with E-state index in [1.807, 2.05) is 0 Å². The van der Waals surface area contributed by atoms with E-state index in [9.17, 15) is 0 Å². The van der Waals surface area contributed by atoms with Gasteiger partial charge in [-0.05, 0) is 80.9 Å². The maximum absolute atomic E-state index is 6.70. The van der Waals surface area contributed by atoms with Crippen LogP contribution in [0.25, 0.3) is 76.9 Å². The summed E-state index contributed by atoms with van der Waals surface area (Å²) >= 11 is 0. The van der Waals surface area contributed by atoms with Crippen molar-refractivity contribution < 1.29 is 4.42 Å². The van der Waals surface area contributed by atoms with Gasteiger partial charge in [0.1, 0.15) is 11.2 Å². The summed E-state index contributed by atoms with van der Waals surface area (Å²) in [4.78, 5) is 2.37. The van der Waals surface area contributed by atoms with E-state index in [1.54, 1.807) is 0 Å². The fourth-order valence-corrected chi connectivity index (χ4v) is 7.67. The van der Waals surface area contributed by atoms with Crippen LogP contribution < -0.4 is 4.90 Å². The summed E-state index contributed by atoms with van der Waals surface area (Å²) in [6.45, 7) is 0. The summed E-state index contributed by atoms with van der Waals surface area (Å²) in [7, 11) is 0. The van der Waals surface area contributed by atoms with Crippen LogP contribution >= 0.6 is 0 Å². The molecule has 0 bridgehead atoms. The second-order valence-electron chi connectivity index (χ2n) is 13.3. The summed E-state index contributed by atoms with van der Waals surface area (Å²) in [5, 5.41) is 7.05. The van der Waals surface area contributed by atoms with Gasteiger partial charge in [0.2, 0.25) is 0 Å². The number of hydrogen-bond donors (Lipinski definition) is 0. The van der Waals surface area contributed by atoms with Crippen LogP contribution in [0, 0.1) is 0 Å². The van der Waals surface area contributed by atoms with Crippen LogP contribution in [0.4, 0.5) is 17.1 Å². The fraction of sp³-hybridized carbons (Fsp3) is 0. The Morgan fingerprint density at radius 1 is 0.308 bits per heavy atom. The smallest absolute Gasteiger partial charge is 0.143 e. The third-order valence-electron chi connectivity index (χ3n) is 10.3. The Balaban J connectivity index is 1.11. The zero-order valence-electron chi connectivity index (χ0n) is 28.4. The molecular weight excluding hydrogens is 631 g/mol. The molecule has 0 radical (unpaired) electrons. The normalized spacial score (nSPS) is 11.5. The first-order chi connectivity index (χ1) is 25.8. The Kier molecular flexibility index (Phi) is 7.18. The lowest BCUT2D eigenvalue weighted by Gasteiger charge is -2.28. The molecule has 0 saturated carbocycles. The fourth-order valence-electron chi connectivity index (χ4n) is 7.67. The standard InChI is InChI=1S/C50H33NO/c1-2-11-34(12-3-1)36-23-28-41(29-24-36)51(48-20-9-8-16-43(48)40-22-21-35-13-4-5-15-39(35)33-40)42-30-25-38(26-31-42)45-18-10-19-46-47-32-27-37-14-6-7-17-44(37)50(47)52-49(45)46/h1-33H. The van der Waals surface area contributed by atoms with Crippen molar-refractivity contribution in [2.24, 2.45) is 0 Å². The molecule has 0 unspecified atom stereocenters. The molecule has 10 rings (SSSR count). The van der Waals surface area contributed by atoms with Crippen LogP contribution in [-0.2, 0) is 0 Å². The maximum Gasteiger partial charge on any atom is 0.143 e. The maximum atomic E-state index is 6.70. The molecule has 1 aromatic heterocycles. The third kappa shape index (κ3) is 5.12. The lowest BCUT2D eigenvalue weighted by atomic mass is 9.98. The molecule has 0 spiro atoms. The Labute approximate surface area is 302 Å². The van der Waals surface area contributed by atoms with Gasteiger partial charge in [-0.15, -0.1) is 0 Å². The monoisotopic (exact) mass is 663 g/mol. The number of para-hydroxylation sites is 2. The van der Waals surface area contributed by atoms with Gasteiger partial charge in [0.25, 0.3) is 0 Å².